The first kappa shape index (κ1) is 27.9. The lowest BCUT2D eigenvalue weighted by molar-refractivity contribution is -0.227. The molecule has 0 saturated carbocycles. The van der Waals surface area contributed by atoms with E-state index in [4.69, 9.17) is 14.2 Å². The Labute approximate surface area is 243 Å². The smallest absolute Gasteiger partial charge is 0.233 e. The Morgan fingerprint density at radius 3 is 1.29 bits per heavy atom. The topological polar surface area (TPSA) is 27.7 Å². The van der Waals surface area contributed by atoms with E-state index in [0.717, 1.165) is 43.9 Å². The van der Waals surface area contributed by atoms with Crippen molar-refractivity contribution in [3.63, 3.8) is 0 Å². The molecule has 4 rings (SSSR count). The third-order valence-corrected chi connectivity index (χ3v) is 9.22. The molecule has 2 bridgehead atoms. The quantitative estimate of drug-likeness (QED) is 0.181. The van der Waals surface area contributed by atoms with Crippen LogP contribution in [0.15, 0.2) is 36.4 Å². The van der Waals surface area contributed by atoms with Crippen LogP contribution in [0.25, 0.3) is 0 Å². The monoisotopic (exact) mass is 734 g/mol. The highest BCUT2D eigenvalue weighted by atomic mass is 79.9. The van der Waals surface area contributed by atoms with Crippen LogP contribution in [-0.2, 0) is 4.74 Å². The van der Waals surface area contributed by atoms with Crippen LogP contribution >= 0.6 is 63.7 Å². The van der Waals surface area contributed by atoms with E-state index in [0.29, 0.717) is 11.8 Å². The summed E-state index contributed by atoms with van der Waals surface area (Å²) in [4.78, 5) is 0. The Balaban J connectivity index is 1.55. The van der Waals surface area contributed by atoms with Crippen LogP contribution in [0.5, 0.6) is 11.5 Å². The minimum absolute atomic E-state index is 0.423. The van der Waals surface area contributed by atoms with Crippen LogP contribution in [0.3, 0.4) is 0 Å². The predicted molar refractivity (Wildman–Crippen MR) is 158 cm³/mol. The fourth-order valence-electron chi connectivity index (χ4n) is 5.15. The first-order valence-corrected chi connectivity index (χ1v) is 17.2. The van der Waals surface area contributed by atoms with Crippen molar-refractivity contribution in [2.75, 3.05) is 21.3 Å². The molecule has 2 unspecified atom stereocenters. The highest BCUT2D eigenvalue weighted by Crippen LogP contribution is 2.49. The summed E-state index contributed by atoms with van der Waals surface area (Å²) in [6.45, 7) is 0. The van der Waals surface area contributed by atoms with E-state index in [-0.39, 0.29) is 0 Å². The molecule has 0 radical (unpaired) electrons. The van der Waals surface area contributed by atoms with Gasteiger partial charge in [-0.25, -0.2) is 0 Å². The average molecular weight is 738 g/mol. The molecule has 0 spiro atoms. The van der Waals surface area contributed by atoms with Crippen molar-refractivity contribution < 1.29 is 14.2 Å². The fourth-order valence-corrected chi connectivity index (χ4v) is 6.44. The molecule has 0 N–H and O–H groups in total. The van der Waals surface area contributed by atoms with E-state index in [1.165, 1.54) is 62.5 Å². The SMILES string of the molecule is BrCCCC(CCCBr)c1ccc2c(c1)C1Oc3ccc(C(CCCBr)CCCBr)cc3C(O2)O1. The van der Waals surface area contributed by atoms with Gasteiger partial charge in [-0.3, -0.25) is 4.74 Å². The van der Waals surface area contributed by atoms with Crippen molar-refractivity contribution in [2.24, 2.45) is 0 Å². The molecule has 0 amide bonds. The normalized spacial score (nSPS) is 18.2. The van der Waals surface area contributed by atoms with Crippen LogP contribution in [0.1, 0.15) is 98.0 Å². The van der Waals surface area contributed by atoms with E-state index < -0.39 is 12.6 Å². The van der Waals surface area contributed by atoms with E-state index >= 15 is 0 Å². The minimum Gasteiger partial charge on any atom is -0.460 e. The van der Waals surface area contributed by atoms with Crippen molar-refractivity contribution in [3.05, 3.63) is 58.7 Å². The maximum absolute atomic E-state index is 6.39. The zero-order chi connectivity index (χ0) is 24.6. The second-order valence-corrected chi connectivity index (χ2v) is 12.5. The Bertz CT molecular complexity index is 862. The highest BCUT2D eigenvalue weighted by Gasteiger charge is 2.38. The standard InChI is InChI=1S/C28H34Br4O3/c29-13-1-5-19(6-2-14-30)21-9-11-25-23(17-21)27-34-26-12-10-22(18-24(26)28(33-25)35-27)20(7-3-15-31)8-4-16-32/h9-12,17-20,27-28H,1-8,13-16H2. The fraction of sp³-hybridized carbons (Fsp3) is 0.571. The second kappa shape index (κ2) is 14.2. The molecule has 0 saturated heterocycles. The van der Waals surface area contributed by atoms with Gasteiger partial charge in [0.1, 0.15) is 11.5 Å². The number of alkyl halides is 4. The number of ether oxygens (including phenoxy) is 3. The van der Waals surface area contributed by atoms with Crippen LogP contribution in [0.2, 0.25) is 0 Å². The van der Waals surface area contributed by atoms with Gasteiger partial charge >= 0.3 is 0 Å². The molecule has 2 atom stereocenters. The van der Waals surface area contributed by atoms with Gasteiger partial charge in [0.15, 0.2) is 0 Å². The van der Waals surface area contributed by atoms with Gasteiger partial charge in [-0.15, -0.1) is 0 Å². The number of rotatable bonds is 14. The second-order valence-electron chi connectivity index (χ2n) is 9.35. The highest BCUT2D eigenvalue weighted by molar-refractivity contribution is 9.09. The van der Waals surface area contributed by atoms with E-state index in [2.05, 4.69) is 100 Å². The van der Waals surface area contributed by atoms with Crippen molar-refractivity contribution in [1.29, 1.82) is 0 Å². The molecular weight excluding hydrogens is 704 g/mol. The van der Waals surface area contributed by atoms with Crippen molar-refractivity contribution in [2.45, 2.75) is 75.8 Å². The van der Waals surface area contributed by atoms with Gasteiger partial charge < -0.3 is 9.47 Å². The Morgan fingerprint density at radius 2 is 0.943 bits per heavy atom. The van der Waals surface area contributed by atoms with Gasteiger partial charge in [-0.2, -0.15) is 0 Å². The molecule has 0 aromatic heterocycles. The molecular formula is C28H34Br4O3. The lowest BCUT2D eigenvalue weighted by Gasteiger charge is -2.38. The van der Waals surface area contributed by atoms with Gasteiger partial charge in [0.05, 0.1) is 11.1 Å². The summed E-state index contributed by atoms with van der Waals surface area (Å²) in [5, 5.41) is 4.14. The van der Waals surface area contributed by atoms with Gasteiger partial charge in [0.25, 0.3) is 0 Å². The summed E-state index contributed by atoms with van der Waals surface area (Å²) in [6, 6.07) is 13.2. The Hall–Kier alpha value is -0.0800. The molecule has 2 aromatic carbocycles. The minimum atomic E-state index is -0.423. The molecule has 3 nitrogen and oxygen atoms in total. The number of hydrogen-bond acceptors (Lipinski definition) is 3. The first-order chi connectivity index (χ1) is 17.2. The average Bonchev–Trinajstić information content (AvgIpc) is 2.89. The number of benzene rings is 2. The van der Waals surface area contributed by atoms with Crippen LogP contribution in [-0.4, -0.2) is 21.3 Å². The number of halogens is 4. The molecule has 2 heterocycles. The van der Waals surface area contributed by atoms with Gasteiger partial charge in [0.2, 0.25) is 12.6 Å². The molecule has 2 aliphatic heterocycles. The number of fused-ring (bicyclic) bond motifs is 6. The third kappa shape index (κ3) is 7.07. The van der Waals surface area contributed by atoms with Crippen molar-refractivity contribution in [3.8, 4) is 11.5 Å². The largest absolute Gasteiger partial charge is 0.460 e. The molecule has 0 aliphatic carbocycles. The van der Waals surface area contributed by atoms with Gasteiger partial charge in [-0.05, 0) is 98.6 Å². The van der Waals surface area contributed by atoms with Crippen LogP contribution < -0.4 is 9.47 Å². The lowest BCUT2D eigenvalue weighted by atomic mass is 9.88. The first-order valence-electron chi connectivity index (χ1n) is 12.7. The summed E-state index contributed by atoms with van der Waals surface area (Å²) >= 11 is 14.4. The maximum Gasteiger partial charge on any atom is 0.233 e. The van der Waals surface area contributed by atoms with E-state index in [1.807, 2.05) is 0 Å². The van der Waals surface area contributed by atoms with Gasteiger partial charge in [0, 0.05) is 21.3 Å². The van der Waals surface area contributed by atoms with Crippen LogP contribution in [0.4, 0.5) is 0 Å². The summed E-state index contributed by atoms with van der Waals surface area (Å²) in [5.41, 5.74) is 4.71. The molecule has 35 heavy (non-hydrogen) atoms. The zero-order valence-corrected chi connectivity index (χ0v) is 26.3. The predicted octanol–water partition coefficient (Wildman–Crippen LogP) is 10.1. The summed E-state index contributed by atoms with van der Waals surface area (Å²) in [6.07, 6.45) is 8.51. The summed E-state index contributed by atoms with van der Waals surface area (Å²) in [5.74, 6) is 2.81. The molecule has 7 heteroatoms. The Kier molecular flexibility index (Phi) is 11.3. The van der Waals surface area contributed by atoms with E-state index in [9.17, 15) is 0 Å². The molecule has 0 fully saturated rings. The Morgan fingerprint density at radius 1 is 0.571 bits per heavy atom. The van der Waals surface area contributed by atoms with Crippen LogP contribution in [0, 0.1) is 0 Å². The molecule has 2 aromatic rings. The van der Waals surface area contributed by atoms with Crippen molar-refractivity contribution in [1.82, 2.24) is 0 Å². The number of hydrogen-bond donors (Lipinski definition) is 0. The zero-order valence-electron chi connectivity index (χ0n) is 20.0. The molecule has 192 valence electrons. The summed E-state index contributed by atoms with van der Waals surface area (Å²) < 4.78 is 19.1. The van der Waals surface area contributed by atoms with Crippen molar-refractivity contribution >= 4 is 63.7 Å². The lowest BCUT2D eigenvalue weighted by Crippen LogP contribution is -2.30. The summed E-state index contributed by atoms with van der Waals surface area (Å²) in [7, 11) is 0. The third-order valence-electron chi connectivity index (χ3n) is 6.98. The van der Waals surface area contributed by atoms with Gasteiger partial charge in [-0.1, -0.05) is 75.9 Å². The molecule has 2 aliphatic rings. The van der Waals surface area contributed by atoms with E-state index in [1.54, 1.807) is 0 Å². The maximum atomic E-state index is 6.39.